The van der Waals surface area contributed by atoms with E-state index < -0.39 is 0 Å². The van der Waals surface area contributed by atoms with Crippen LogP contribution in [0.4, 0.5) is 0 Å². The van der Waals surface area contributed by atoms with Crippen molar-refractivity contribution in [2.45, 2.75) is 0 Å². The first-order chi connectivity index (χ1) is 5.40. The van der Waals surface area contributed by atoms with E-state index in [2.05, 4.69) is 11.2 Å². The summed E-state index contributed by atoms with van der Waals surface area (Å²) in [5.74, 6) is 0.817. The van der Waals surface area contributed by atoms with E-state index in [1.54, 1.807) is 13.3 Å². The van der Waals surface area contributed by atoms with Gasteiger partial charge in [-0.15, -0.1) is 0 Å². The van der Waals surface area contributed by atoms with Gasteiger partial charge in [0.25, 0.3) is 0 Å². The highest BCUT2D eigenvalue weighted by Gasteiger charge is 1.94. The summed E-state index contributed by atoms with van der Waals surface area (Å²) in [5, 5.41) is 0. The predicted octanol–water partition coefficient (Wildman–Crippen LogP) is 1.14. The van der Waals surface area contributed by atoms with Gasteiger partial charge in [0.2, 0.25) is 0 Å². The second-order valence-corrected chi connectivity index (χ2v) is 2.18. The van der Waals surface area contributed by atoms with Gasteiger partial charge in [0.05, 0.1) is 19.5 Å². The molecule has 2 aromatic rings. The smallest absolute Gasteiger partial charge is 0.140 e. The van der Waals surface area contributed by atoms with E-state index in [-0.39, 0.29) is 0 Å². The van der Waals surface area contributed by atoms with Gasteiger partial charge in [-0.05, 0) is 6.07 Å². The molecular formula is C8H7N2O. The molecular weight excluding hydrogens is 140 g/mol. The summed E-state index contributed by atoms with van der Waals surface area (Å²) in [6.07, 6.45) is 6.42. The summed E-state index contributed by atoms with van der Waals surface area (Å²) >= 11 is 0. The van der Waals surface area contributed by atoms with Crippen molar-refractivity contribution >= 4 is 5.65 Å². The molecule has 0 aliphatic rings. The second-order valence-electron chi connectivity index (χ2n) is 2.18. The van der Waals surface area contributed by atoms with Crippen LogP contribution in [0.2, 0.25) is 0 Å². The Kier molecular flexibility index (Phi) is 1.28. The highest BCUT2D eigenvalue weighted by Crippen LogP contribution is 2.11. The van der Waals surface area contributed by atoms with Crippen molar-refractivity contribution < 1.29 is 4.74 Å². The molecule has 2 aromatic heterocycles. The molecule has 0 aromatic carbocycles. The van der Waals surface area contributed by atoms with Gasteiger partial charge in [0.1, 0.15) is 11.4 Å². The molecule has 0 spiro atoms. The van der Waals surface area contributed by atoms with Crippen molar-refractivity contribution in [1.82, 2.24) is 9.38 Å². The van der Waals surface area contributed by atoms with Crippen molar-refractivity contribution in [2.75, 3.05) is 7.11 Å². The number of aromatic nitrogens is 2. The van der Waals surface area contributed by atoms with Crippen LogP contribution in [-0.2, 0) is 0 Å². The topological polar surface area (TPSA) is 26.5 Å². The maximum Gasteiger partial charge on any atom is 0.140 e. The third-order valence-corrected chi connectivity index (χ3v) is 1.54. The Hall–Kier alpha value is -1.51. The Labute approximate surface area is 64.2 Å². The van der Waals surface area contributed by atoms with Crippen LogP contribution in [0.15, 0.2) is 24.5 Å². The number of hydrogen-bond donors (Lipinski definition) is 0. The number of methoxy groups -OCH3 is 1. The SMILES string of the molecule is COc1ccn2[c]cnc2c1. The highest BCUT2D eigenvalue weighted by molar-refractivity contribution is 5.43. The van der Waals surface area contributed by atoms with E-state index in [4.69, 9.17) is 4.74 Å². The van der Waals surface area contributed by atoms with Crippen LogP contribution in [0.1, 0.15) is 0 Å². The van der Waals surface area contributed by atoms with E-state index in [1.165, 1.54) is 0 Å². The molecule has 55 valence electrons. The third kappa shape index (κ3) is 0.941. The van der Waals surface area contributed by atoms with Crippen LogP contribution in [0.5, 0.6) is 5.75 Å². The summed E-state index contributed by atoms with van der Waals surface area (Å²) in [4.78, 5) is 4.05. The first kappa shape index (κ1) is 6.22. The fourth-order valence-corrected chi connectivity index (χ4v) is 0.962. The molecule has 0 fully saturated rings. The van der Waals surface area contributed by atoms with Gasteiger partial charge in [-0.1, -0.05) is 0 Å². The van der Waals surface area contributed by atoms with Crippen molar-refractivity contribution in [1.29, 1.82) is 0 Å². The fourth-order valence-electron chi connectivity index (χ4n) is 0.962. The summed E-state index contributed by atoms with van der Waals surface area (Å²) in [6, 6.07) is 3.72. The molecule has 1 radical (unpaired) electrons. The Morgan fingerprint density at radius 1 is 1.64 bits per heavy atom. The number of nitrogens with zero attached hydrogens (tertiary/aromatic N) is 2. The Bertz CT molecular complexity index is 367. The van der Waals surface area contributed by atoms with Gasteiger partial charge in [0, 0.05) is 12.3 Å². The van der Waals surface area contributed by atoms with Crippen LogP contribution in [0, 0.1) is 6.20 Å². The average Bonchev–Trinajstić information content (AvgIpc) is 2.50. The van der Waals surface area contributed by atoms with E-state index in [9.17, 15) is 0 Å². The van der Waals surface area contributed by atoms with Gasteiger partial charge >= 0.3 is 0 Å². The normalized spacial score (nSPS) is 10.3. The lowest BCUT2D eigenvalue weighted by molar-refractivity contribution is 0.414. The summed E-state index contributed by atoms with van der Waals surface area (Å²) < 4.78 is 6.83. The molecule has 2 rings (SSSR count). The zero-order chi connectivity index (χ0) is 7.68. The Balaban J connectivity index is 2.67. The summed E-state index contributed by atoms with van der Waals surface area (Å²) in [7, 11) is 1.64. The first-order valence-corrected chi connectivity index (χ1v) is 3.29. The molecule has 3 nitrogen and oxygen atoms in total. The van der Waals surface area contributed by atoms with E-state index in [0.717, 1.165) is 11.4 Å². The first-order valence-electron chi connectivity index (χ1n) is 3.29. The maximum absolute atomic E-state index is 5.02. The van der Waals surface area contributed by atoms with Gasteiger partial charge in [-0.3, -0.25) is 4.40 Å². The quantitative estimate of drug-likeness (QED) is 0.604. The molecule has 11 heavy (non-hydrogen) atoms. The van der Waals surface area contributed by atoms with Crippen molar-refractivity contribution in [2.24, 2.45) is 0 Å². The molecule has 3 heteroatoms. The second kappa shape index (κ2) is 2.27. The van der Waals surface area contributed by atoms with E-state index >= 15 is 0 Å². The van der Waals surface area contributed by atoms with Crippen molar-refractivity contribution in [3.8, 4) is 5.75 Å². The predicted molar refractivity (Wildman–Crippen MR) is 40.6 cm³/mol. The van der Waals surface area contributed by atoms with Gasteiger partial charge in [0.15, 0.2) is 0 Å². The molecule has 0 amide bonds. The van der Waals surface area contributed by atoms with Gasteiger partial charge in [-0.25, -0.2) is 4.98 Å². The van der Waals surface area contributed by atoms with Crippen LogP contribution in [-0.4, -0.2) is 16.5 Å². The Morgan fingerprint density at radius 2 is 2.55 bits per heavy atom. The standard InChI is InChI=1S/C8H7N2O/c1-11-7-2-4-10-5-3-9-8(10)6-7/h2-4,6H,1H3. The van der Waals surface area contributed by atoms with Crippen LogP contribution in [0.3, 0.4) is 0 Å². The number of ether oxygens (including phenoxy) is 1. The molecule has 0 saturated heterocycles. The number of imidazole rings is 1. The van der Waals surface area contributed by atoms with Crippen molar-refractivity contribution in [3.63, 3.8) is 0 Å². The van der Waals surface area contributed by atoms with Crippen LogP contribution < -0.4 is 4.74 Å². The molecule has 0 unspecified atom stereocenters. The average molecular weight is 147 g/mol. The minimum Gasteiger partial charge on any atom is -0.497 e. The minimum atomic E-state index is 0.817. The van der Waals surface area contributed by atoms with Crippen molar-refractivity contribution in [3.05, 3.63) is 30.7 Å². The monoisotopic (exact) mass is 147 g/mol. The van der Waals surface area contributed by atoms with Gasteiger partial charge in [-0.2, -0.15) is 0 Å². The molecule has 0 aliphatic heterocycles. The maximum atomic E-state index is 5.02. The van der Waals surface area contributed by atoms with E-state index in [0.29, 0.717) is 0 Å². The molecule has 0 aliphatic carbocycles. The number of hydrogen-bond acceptors (Lipinski definition) is 2. The third-order valence-electron chi connectivity index (χ3n) is 1.54. The number of rotatable bonds is 1. The highest BCUT2D eigenvalue weighted by atomic mass is 16.5. The lowest BCUT2D eigenvalue weighted by Gasteiger charge is -1.98. The molecule has 0 atom stereocenters. The molecule has 0 saturated carbocycles. The molecule has 0 N–H and O–H groups in total. The lowest BCUT2D eigenvalue weighted by Crippen LogP contribution is -1.86. The van der Waals surface area contributed by atoms with Crippen LogP contribution >= 0.6 is 0 Å². The summed E-state index contributed by atoms with van der Waals surface area (Å²) in [6.45, 7) is 0. The zero-order valence-corrected chi connectivity index (χ0v) is 6.11. The van der Waals surface area contributed by atoms with Gasteiger partial charge < -0.3 is 4.74 Å². The largest absolute Gasteiger partial charge is 0.497 e. The molecule has 0 bridgehead atoms. The Morgan fingerprint density at radius 3 is 3.36 bits per heavy atom. The fraction of sp³-hybridized carbons (Fsp3) is 0.125. The van der Waals surface area contributed by atoms with E-state index in [1.807, 2.05) is 22.7 Å². The van der Waals surface area contributed by atoms with Crippen LogP contribution in [0.25, 0.3) is 5.65 Å². The minimum absolute atomic E-state index is 0.817. The molecule has 2 heterocycles. The lowest BCUT2D eigenvalue weighted by atomic mass is 10.4. The number of pyridine rings is 1. The zero-order valence-electron chi connectivity index (χ0n) is 6.11. The number of fused-ring (bicyclic) bond motifs is 1. The summed E-state index contributed by atoms with van der Waals surface area (Å²) in [5.41, 5.74) is 0.851.